The molecule has 0 saturated carbocycles. The van der Waals surface area contributed by atoms with E-state index >= 15 is 0 Å². The van der Waals surface area contributed by atoms with Crippen LogP contribution in [-0.2, 0) is 0 Å². The van der Waals surface area contributed by atoms with Gasteiger partial charge in [-0.05, 0) is 32.8 Å². The molecule has 0 amide bonds. The van der Waals surface area contributed by atoms with E-state index in [1.807, 2.05) is 30.3 Å². The average molecular weight is 270 g/mol. The summed E-state index contributed by atoms with van der Waals surface area (Å²) in [4.78, 5) is 4.45. The van der Waals surface area contributed by atoms with Crippen molar-refractivity contribution in [2.24, 2.45) is 0 Å². The molecule has 6 heteroatoms. The summed E-state index contributed by atoms with van der Waals surface area (Å²) in [5, 5.41) is 7.30. The summed E-state index contributed by atoms with van der Waals surface area (Å²) in [6.45, 7) is 0.659. The predicted octanol–water partition coefficient (Wildman–Crippen LogP) is 2.86. The lowest BCUT2D eigenvalue weighted by atomic mass is 10.3. The first-order valence-corrected chi connectivity index (χ1v) is 7.80. The van der Waals surface area contributed by atoms with Crippen LogP contribution >= 0.6 is 32.4 Å². The van der Waals surface area contributed by atoms with Gasteiger partial charge in [-0.1, -0.05) is 30.0 Å². The Kier molecular flexibility index (Phi) is 4.38. The Morgan fingerprint density at radius 3 is 2.75 bits per heavy atom. The lowest BCUT2D eigenvalue weighted by Crippen LogP contribution is -2.00. The third-order valence-electron chi connectivity index (χ3n) is 1.71. The van der Waals surface area contributed by atoms with E-state index in [2.05, 4.69) is 4.98 Å². The van der Waals surface area contributed by atoms with Gasteiger partial charge in [-0.2, -0.15) is 0 Å². The Morgan fingerprint density at radius 2 is 2.06 bits per heavy atom. The molecule has 1 heterocycles. The number of rotatable bonds is 5. The normalized spacial score (nSPS) is 10.2. The first kappa shape index (κ1) is 11.6. The first-order chi connectivity index (χ1) is 7.84. The zero-order valence-electron chi connectivity index (χ0n) is 8.38. The van der Waals surface area contributed by atoms with Crippen LogP contribution in [0.4, 0.5) is 0 Å². The Balaban J connectivity index is 1.71. The van der Waals surface area contributed by atoms with Gasteiger partial charge in [0.1, 0.15) is 5.75 Å². The van der Waals surface area contributed by atoms with Gasteiger partial charge in [0.25, 0.3) is 0 Å². The van der Waals surface area contributed by atoms with Crippen LogP contribution in [0, 0.1) is 5.41 Å². The van der Waals surface area contributed by atoms with Crippen molar-refractivity contribution in [2.75, 3.05) is 12.4 Å². The highest BCUT2D eigenvalue weighted by molar-refractivity contribution is 8.02. The van der Waals surface area contributed by atoms with Gasteiger partial charge in [0.2, 0.25) is 4.80 Å². The predicted molar refractivity (Wildman–Crippen MR) is 68.5 cm³/mol. The molecule has 16 heavy (non-hydrogen) atoms. The number of thioether (sulfide) groups is 1. The minimum absolute atomic E-state index is 0.386. The molecule has 0 aliphatic rings. The number of nitrogens with zero attached hydrogens (tertiary/aromatic N) is 1. The van der Waals surface area contributed by atoms with E-state index in [9.17, 15) is 0 Å². The van der Waals surface area contributed by atoms with Crippen molar-refractivity contribution in [3.8, 4) is 5.75 Å². The smallest absolute Gasteiger partial charge is 0.213 e. The maximum atomic E-state index is 7.30. The third-order valence-corrected chi connectivity index (χ3v) is 5.10. The van der Waals surface area contributed by atoms with Crippen LogP contribution in [0.1, 0.15) is 0 Å². The number of hydrogen-bond acceptors (Lipinski definition) is 6. The van der Waals surface area contributed by atoms with Crippen molar-refractivity contribution >= 4 is 32.4 Å². The number of ether oxygens (including phenoxy) is 1. The molecule has 0 bridgehead atoms. The number of nitrogens with one attached hydrogen (secondary N) is 1. The second-order valence-electron chi connectivity index (χ2n) is 2.86. The van der Waals surface area contributed by atoms with Crippen molar-refractivity contribution < 1.29 is 4.74 Å². The van der Waals surface area contributed by atoms with Crippen molar-refractivity contribution in [3.63, 3.8) is 0 Å². The molecular formula is C10H10N2OS3. The molecule has 1 aromatic heterocycles. The fourth-order valence-electron chi connectivity index (χ4n) is 1.06. The largest absolute Gasteiger partial charge is 0.493 e. The molecule has 0 fully saturated rings. The highest BCUT2D eigenvalue weighted by Crippen LogP contribution is 2.21. The molecule has 1 N–H and O–H groups in total. The number of para-hydroxylation sites is 1. The van der Waals surface area contributed by atoms with E-state index in [0.717, 1.165) is 15.8 Å². The molecule has 2 aromatic rings. The molecule has 0 aliphatic heterocycles. The van der Waals surface area contributed by atoms with Gasteiger partial charge in [0.15, 0.2) is 4.34 Å². The van der Waals surface area contributed by atoms with Crippen LogP contribution in [0.5, 0.6) is 5.75 Å². The van der Waals surface area contributed by atoms with Crippen LogP contribution < -0.4 is 9.54 Å². The summed E-state index contributed by atoms with van der Waals surface area (Å²) in [5.41, 5.74) is 0. The van der Waals surface area contributed by atoms with Crippen LogP contribution in [0.2, 0.25) is 0 Å². The highest BCUT2D eigenvalue weighted by atomic mass is 32.9. The number of hydrogen-bond donors (Lipinski definition) is 1. The summed E-state index contributed by atoms with van der Waals surface area (Å²) in [5.74, 6) is 1.75. The van der Waals surface area contributed by atoms with Gasteiger partial charge >= 0.3 is 0 Å². The zero-order chi connectivity index (χ0) is 11.2. The third kappa shape index (κ3) is 3.62. The van der Waals surface area contributed by atoms with Crippen molar-refractivity contribution in [1.29, 1.82) is 5.41 Å². The van der Waals surface area contributed by atoms with Crippen molar-refractivity contribution in [2.45, 2.75) is 4.34 Å². The SMILES string of the molecule is N=c1nc(SCCOc2ccccc2)ss1. The Morgan fingerprint density at radius 1 is 1.25 bits per heavy atom. The molecule has 0 atom stereocenters. The van der Waals surface area contributed by atoms with Crippen LogP contribution in [0.25, 0.3) is 0 Å². The maximum Gasteiger partial charge on any atom is 0.213 e. The number of benzene rings is 1. The van der Waals surface area contributed by atoms with Crippen molar-refractivity contribution in [1.82, 2.24) is 4.98 Å². The van der Waals surface area contributed by atoms with Crippen molar-refractivity contribution in [3.05, 3.63) is 35.1 Å². The molecule has 0 spiro atoms. The van der Waals surface area contributed by atoms with Crippen LogP contribution in [0.3, 0.4) is 0 Å². The van der Waals surface area contributed by atoms with E-state index in [0.29, 0.717) is 11.4 Å². The standard InChI is InChI=1S/C10H10N2OS3/c11-9-12-10(16-15-9)14-7-6-13-8-4-2-1-3-5-8/h1-5,11H,6-7H2. The lowest BCUT2D eigenvalue weighted by Gasteiger charge is -2.03. The van der Waals surface area contributed by atoms with Gasteiger partial charge in [-0.15, -0.1) is 0 Å². The monoisotopic (exact) mass is 270 g/mol. The topological polar surface area (TPSA) is 46.0 Å². The average Bonchev–Trinajstić information content (AvgIpc) is 2.72. The zero-order valence-corrected chi connectivity index (χ0v) is 10.8. The molecule has 3 nitrogen and oxygen atoms in total. The van der Waals surface area contributed by atoms with Crippen LogP contribution in [0.15, 0.2) is 34.7 Å². The lowest BCUT2D eigenvalue weighted by molar-refractivity contribution is 0.344. The Bertz CT molecular complexity index is 480. The molecule has 0 radical (unpaired) electrons. The maximum absolute atomic E-state index is 7.30. The second-order valence-corrected chi connectivity index (χ2v) is 6.31. The molecule has 2 rings (SSSR count). The fourth-order valence-corrected chi connectivity index (χ4v) is 3.93. The first-order valence-electron chi connectivity index (χ1n) is 4.67. The fraction of sp³-hybridized carbons (Fsp3) is 0.200. The summed E-state index contributed by atoms with van der Waals surface area (Å²) >= 11 is 1.63. The van der Waals surface area contributed by atoms with Gasteiger partial charge in [0, 0.05) is 5.75 Å². The van der Waals surface area contributed by atoms with Crippen LogP contribution in [-0.4, -0.2) is 17.3 Å². The second kappa shape index (κ2) is 6.03. The highest BCUT2D eigenvalue weighted by Gasteiger charge is 1.99. The molecule has 84 valence electrons. The van der Waals surface area contributed by atoms with E-state index < -0.39 is 0 Å². The minimum atomic E-state index is 0.386. The summed E-state index contributed by atoms with van der Waals surface area (Å²) in [6, 6.07) is 9.76. The summed E-state index contributed by atoms with van der Waals surface area (Å²) in [6.07, 6.45) is 0. The van der Waals surface area contributed by atoms with Gasteiger partial charge in [-0.25, -0.2) is 4.98 Å². The van der Waals surface area contributed by atoms with E-state index in [4.69, 9.17) is 10.1 Å². The Labute approximate surface area is 105 Å². The van der Waals surface area contributed by atoms with E-state index in [1.165, 1.54) is 10.3 Å². The molecular weight excluding hydrogens is 260 g/mol. The minimum Gasteiger partial charge on any atom is -0.493 e. The molecule has 0 aliphatic carbocycles. The summed E-state index contributed by atoms with van der Waals surface area (Å²) < 4.78 is 6.50. The number of aromatic nitrogens is 1. The van der Waals surface area contributed by atoms with E-state index in [1.54, 1.807) is 22.1 Å². The Hall–Kier alpha value is -0.850. The van der Waals surface area contributed by atoms with Gasteiger partial charge < -0.3 is 4.74 Å². The summed E-state index contributed by atoms with van der Waals surface area (Å²) in [7, 11) is 2.94. The molecule has 0 unspecified atom stereocenters. The van der Waals surface area contributed by atoms with Gasteiger partial charge in [-0.3, -0.25) is 5.41 Å². The van der Waals surface area contributed by atoms with Gasteiger partial charge in [0.05, 0.1) is 6.61 Å². The molecule has 0 saturated heterocycles. The van der Waals surface area contributed by atoms with E-state index in [-0.39, 0.29) is 0 Å². The molecule has 1 aromatic carbocycles. The quantitative estimate of drug-likeness (QED) is 0.516.